The van der Waals surface area contributed by atoms with E-state index in [1.54, 1.807) is 0 Å². The van der Waals surface area contributed by atoms with E-state index in [0.29, 0.717) is 19.6 Å². The first-order chi connectivity index (χ1) is 10.9. The largest absolute Gasteiger partial charge is 0.464 e. The number of hydrogen-bond donors (Lipinski definition) is 1. The predicted molar refractivity (Wildman–Crippen MR) is 84.8 cm³/mol. The van der Waals surface area contributed by atoms with Crippen LogP contribution in [0.4, 0.5) is 4.79 Å². The number of rotatable bonds is 7. The number of nitrogens with zero attached hydrogens (tertiary/aromatic N) is 1. The minimum Gasteiger partial charge on any atom is -0.464 e. The molecule has 1 aliphatic rings. The van der Waals surface area contributed by atoms with Gasteiger partial charge in [-0.2, -0.15) is 0 Å². The second kappa shape index (κ2) is 9.37. The molecule has 1 saturated heterocycles. The van der Waals surface area contributed by atoms with Gasteiger partial charge in [0.2, 0.25) is 5.91 Å². The van der Waals surface area contributed by atoms with Crippen LogP contribution >= 0.6 is 0 Å². The lowest BCUT2D eigenvalue weighted by atomic mass is 10.0. The van der Waals surface area contributed by atoms with Gasteiger partial charge in [-0.25, -0.2) is 9.59 Å². The topological polar surface area (TPSA) is 84.9 Å². The minimum atomic E-state index is -0.716. The van der Waals surface area contributed by atoms with E-state index in [4.69, 9.17) is 4.74 Å². The Hall–Kier alpha value is -1.79. The van der Waals surface area contributed by atoms with Crippen LogP contribution in [0.1, 0.15) is 46.5 Å². The third kappa shape index (κ3) is 5.41. The molecule has 7 heteroatoms. The number of carbonyl (C=O) groups excluding carboxylic acids is 3. The van der Waals surface area contributed by atoms with Gasteiger partial charge < -0.3 is 19.7 Å². The van der Waals surface area contributed by atoms with Gasteiger partial charge in [-0.15, -0.1) is 0 Å². The maximum atomic E-state index is 12.7. The summed E-state index contributed by atoms with van der Waals surface area (Å²) in [6.07, 6.45) is 2.45. The van der Waals surface area contributed by atoms with Crippen LogP contribution in [0.3, 0.4) is 0 Å². The molecule has 1 heterocycles. The van der Waals surface area contributed by atoms with E-state index in [2.05, 4.69) is 10.1 Å². The van der Waals surface area contributed by atoms with E-state index in [1.807, 2.05) is 20.8 Å². The van der Waals surface area contributed by atoms with Crippen molar-refractivity contribution in [2.45, 2.75) is 58.5 Å². The molecule has 0 spiro atoms. The number of hydrogen-bond acceptors (Lipinski definition) is 5. The van der Waals surface area contributed by atoms with E-state index >= 15 is 0 Å². The normalized spacial score (nSPS) is 18.7. The molecule has 0 aliphatic carbocycles. The number of nitrogens with one attached hydrogen (secondary N) is 1. The zero-order valence-electron chi connectivity index (χ0n) is 14.5. The van der Waals surface area contributed by atoms with E-state index < -0.39 is 18.2 Å². The van der Waals surface area contributed by atoms with Crippen molar-refractivity contribution >= 4 is 18.0 Å². The molecule has 0 aromatic rings. The van der Waals surface area contributed by atoms with Crippen LogP contribution < -0.4 is 5.32 Å². The SMILES string of the molecule is CCCCOC(=O)[C@@H]1CCCN1C(=O)[C@@H](NC(=O)OC)C(C)C. The fourth-order valence-corrected chi connectivity index (χ4v) is 2.57. The maximum absolute atomic E-state index is 12.7. The van der Waals surface area contributed by atoms with Crippen molar-refractivity contribution in [2.75, 3.05) is 20.3 Å². The number of unbranched alkanes of at least 4 members (excludes halogenated alkanes) is 1. The Balaban J connectivity index is 2.74. The Labute approximate surface area is 137 Å². The monoisotopic (exact) mass is 328 g/mol. The van der Waals surface area contributed by atoms with Gasteiger partial charge in [0, 0.05) is 6.54 Å². The quantitative estimate of drug-likeness (QED) is 0.568. The van der Waals surface area contributed by atoms with Crippen molar-refractivity contribution in [1.82, 2.24) is 10.2 Å². The molecule has 23 heavy (non-hydrogen) atoms. The van der Waals surface area contributed by atoms with Gasteiger partial charge >= 0.3 is 12.1 Å². The van der Waals surface area contributed by atoms with Crippen LogP contribution in [0.15, 0.2) is 0 Å². The van der Waals surface area contributed by atoms with Crippen molar-refractivity contribution in [3.8, 4) is 0 Å². The van der Waals surface area contributed by atoms with Crippen molar-refractivity contribution in [3.05, 3.63) is 0 Å². The number of methoxy groups -OCH3 is 1. The van der Waals surface area contributed by atoms with E-state index in [1.165, 1.54) is 12.0 Å². The summed E-state index contributed by atoms with van der Waals surface area (Å²) >= 11 is 0. The average Bonchev–Trinajstić information content (AvgIpc) is 3.01. The van der Waals surface area contributed by atoms with Crippen molar-refractivity contribution in [1.29, 1.82) is 0 Å². The molecule has 132 valence electrons. The van der Waals surface area contributed by atoms with Gasteiger partial charge in [0.1, 0.15) is 12.1 Å². The first kappa shape index (κ1) is 19.3. The predicted octanol–water partition coefficient (Wildman–Crippen LogP) is 1.70. The summed E-state index contributed by atoms with van der Waals surface area (Å²) in [5, 5.41) is 2.55. The molecular formula is C16H28N2O5. The molecule has 0 aromatic heterocycles. The molecule has 1 aliphatic heterocycles. The lowest BCUT2D eigenvalue weighted by Crippen LogP contribution is -2.54. The fraction of sp³-hybridized carbons (Fsp3) is 0.812. The molecule has 7 nitrogen and oxygen atoms in total. The van der Waals surface area contributed by atoms with Crippen LogP contribution in [0.2, 0.25) is 0 Å². The van der Waals surface area contributed by atoms with E-state index in [-0.39, 0.29) is 17.8 Å². The fourth-order valence-electron chi connectivity index (χ4n) is 2.57. The third-order valence-electron chi connectivity index (χ3n) is 3.94. The summed E-state index contributed by atoms with van der Waals surface area (Å²) in [5.74, 6) is -0.732. The summed E-state index contributed by atoms with van der Waals surface area (Å²) in [4.78, 5) is 37.9. The molecule has 2 amide bonds. The van der Waals surface area contributed by atoms with Crippen molar-refractivity contribution in [3.63, 3.8) is 0 Å². The summed E-state index contributed by atoms with van der Waals surface area (Å²) in [7, 11) is 1.25. The zero-order valence-corrected chi connectivity index (χ0v) is 14.5. The molecule has 1 rings (SSSR count). The van der Waals surface area contributed by atoms with Crippen molar-refractivity contribution in [2.24, 2.45) is 5.92 Å². The lowest BCUT2D eigenvalue weighted by Gasteiger charge is -2.29. The summed E-state index contributed by atoms with van der Waals surface area (Å²) in [5.41, 5.74) is 0. The number of esters is 1. The van der Waals surface area contributed by atoms with Gasteiger partial charge in [0.15, 0.2) is 0 Å². The second-order valence-corrected chi connectivity index (χ2v) is 6.07. The summed E-state index contributed by atoms with van der Waals surface area (Å²) in [6, 6.07) is -1.27. The van der Waals surface area contributed by atoms with Gasteiger partial charge in [0.25, 0.3) is 0 Å². The number of ether oxygens (including phenoxy) is 2. The molecule has 1 fully saturated rings. The summed E-state index contributed by atoms with van der Waals surface area (Å²) in [6.45, 7) is 6.57. The maximum Gasteiger partial charge on any atom is 0.407 e. The average molecular weight is 328 g/mol. The Morgan fingerprint density at radius 1 is 1.30 bits per heavy atom. The smallest absolute Gasteiger partial charge is 0.407 e. The van der Waals surface area contributed by atoms with Crippen LogP contribution in [-0.2, 0) is 19.1 Å². The highest BCUT2D eigenvalue weighted by Crippen LogP contribution is 2.21. The standard InChI is InChI=1S/C16H28N2O5/c1-5-6-10-23-15(20)12-8-7-9-18(12)14(19)13(11(2)3)17-16(21)22-4/h11-13H,5-10H2,1-4H3,(H,17,21)/t12-,13-/m0/s1. The van der Waals surface area contributed by atoms with Gasteiger partial charge in [-0.05, 0) is 25.2 Å². The molecular weight excluding hydrogens is 300 g/mol. The van der Waals surface area contributed by atoms with Crippen LogP contribution in [0.5, 0.6) is 0 Å². The Kier molecular flexibility index (Phi) is 7.85. The van der Waals surface area contributed by atoms with E-state index in [0.717, 1.165) is 19.3 Å². The summed E-state index contributed by atoms with van der Waals surface area (Å²) < 4.78 is 9.82. The molecule has 0 unspecified atom stereocenters. The van der Waals surface area contributed by atoms with Gasteiger partial charge in [-0.3, -0.25) is 4.79 Å². The second-order valence-electron chi connectivity index (χ2n) is 6.07. The highest BCUT2D eigenvalue weighted by atomic mass is 16.5. The van der Waals surface area contributed by atoms with Crippen LogP contribution in [-0.4, -0.2) is 55.2 Å². The molecule has 0 saturated carbocycles. The Morgan fingerprint density at radius 2 is 2.00 bits per heavy atom. The third-order valence-corrected chi connectivity index (χ3v) is 3.94. The number of amides is 2. The van der Waals surface area contributed by atoms with Gasteiger partial charge in [0.05, 0.1) is 13.7 Å². The highest BCUT2D eigenvalue weighted by Gasteiger charge is 2.39. The Morgan fingerprint density at radius 3 is 2.57 bits per heavy atom. The van der Waals surface area contributed by atoms with Crippen molar-refractivity contribution < 1.29 is 23.9 Å². The zero-order chi connectivity index (χ0) is 17.4. The highest BCUT2D eigenvalue weighted by molar-refractivity contribution is 5.90. The van der Waals surface area contributed by atoms with Gasteiger partial charge in [-0.1, -0.05) is 27.2 Å². The molecule has 0 bridgehead atoms. The molecule has 0 aromatic carbocycles. The Bertz CT molecular complexity index is 425. The number of likely N-dealkylation sites (tertiary alicyclic amines) is 1. The van der Waals surface area contributed by atoms with E-state index in [9.17, 15) is 14.4 Å². The molecule has 0 radical (unpaired) electrons. The number of carbonyl (C=O) groups is 3. The van der Waals surface area contributed by atoms with Crippen LogP contribution in [0.25, 0.3) is 0 Å². The minimum absolute atomic E-state index is 0.112. The lowest BCUT2D eigenvalue weighted by molar-refractivity contribution is -0.154. The first-order valence-electron chi connectivity index (χ1n) is 8.23. The number of alkyl carbamates (subject to hydrolysis) is 1. The van der Waals surface area contributed by atoms with Crippen LogP contribution in [0, 0.1) is 5.92 Å². The molecule has 2 atom stereocenters. The molecule has 1 N–H and O–H groups in total. The first-order valence-corrected chi connectivity index (χ1v) is 8.23.